The highest BCUT2D eigenvalue weighted by atomic mass is 16.5. The second-order valence-electron chi connectivity index (χ2n) is 13.8. The third kappa shape index (κ3) is 8.59. The van der Waals surface area contributed by atoms with E-state index in [0.29, 0.717) is 50.7 Å². The van der Waals surface area contributed by atoms with Crippen molar-refractivity contribution in [2.75, 3.05) is 39.4 Å². The maximum Gasteiger partial charge on any atom is 0.227 e. The van der Waals surface area contributed by atoms with Crippen LogP contribution in [-0.4, -0.2) is 90.2 Å². The van der Waals surface area contributed by atoms with Gasteiger partial charge in [-0.1, -0.05) is 0 Å². The van der Waals surface area contributed by atoms with Crippen LogP contribution in [0.4, 0.5) is 0 Å². The number of fused-ring (bicyclic) bond motifs is 2. The summed E-state index contributed by atoms with van der Waals surface area (Å²) >= 11 is 0. The number of benzene rings is 2. The first-order valence-electron chi connectivity index (χ1n) is 19.4. The molecule has 0 saturated heterocycles. The smallest absolute Gasteiger partial charge is 0.227 e. The lowest BCUT2D eigenvalue weighted by Gasteiger charge is -2.18. The summed E-state index contributed by atoms with van der Waals surface area (Å²) in [4.78, 5) is 39.6. The predicted molar refractivity (Wildman–Crippen MR) is 219 cm³/mol. The zero-order valence-electron chi connectivity index (χ0n) is 33.8. The molecule has 12 heteroatoms. The molecule has 292 valence electrons. The van der Waals surface area contributed by atoms with Crippen LogP contribution >= 0.6 is 0 Å². The first kappa shape index (κ1) is 39.6. The molecule has 4 aromatic heterocycles. The quantitative estimate of drug-likeness (QED) is 0.0954. The number of likely N-dealkylation sites (N-methyl/N-ethyl adjacent to an activating group) is 2. The average molecular weight is 757 g/mol. The topological polar surface area (TPSA) is 119 Å². The Morgan fingerprint density at radius 1 is 0.589 bits per heavy atom. The summed E-state index contributed by atoms with van der Waals surface area (Å²) < 4.78 is 15.6. The zero-order chi connectivity index (χ0) is 39.9. The molecule has 0 bridgehead atoms. The highest BCUT2D eigenvalue weighted by molar-refractivity contribution is 5.86. The van der Waals surface area contributed by atoms with E-state index in [-0.39, 0.29) is 24.7 Å². The summed E-state index contributed by atoms with van der Waals surface area (Å²) in [6.45, 7) is 19.2. The number of nitrogens with zero attached hydrogens (tertiary/aromatic N) is 8. The van der Waals surface area contributed by atoms with Gasteiger partial charge in [0.25, 0.3) is 0 Å². The van der Waals surface area contributed by atoms with Crippen molar-refractivity contribution in [2.24, 2.45) is 0 Å². The van der Waals surface area contributed by atoms with Gasteiger partial charge in [0.2, 0.25) is 11.8 Å². The van der Waals surface area contributed by atoms with Gasteiger partial charge in [-0.25, -0.2) is 19.0 Å². The average Bonchev–Trinajstić information content (AvgIpc) is 3.73. The fraction of sp³-hybridized carbons (Fsp3) is 0.364. The molecular formula is C44H52N8O4. The molecule has 6 aromatic rings. The summed E-state index contributed by atoms with van der Waals surface area (Å²) in [5.74, 6) is 1.55. The maximum absolute atomic E-state index is 13.2. The standard InChI is InChI=1S/C44H52N8O4/c1-9-49(10-2)39(53)27-37-41(47-51-31(7)25-29(5)45-43(37)51)33-15-19-35(20-16-33)55-23-13-14-24-56-36-21-17-34(18-22-36)42-38(28-40(54)50(11-3)12-4)44-46-30(6)26-32(8)52(44)48-42/h13-22,25-26H,9-12,23-24,27-28H2,1-8H3/b14-13+. The van der Waals surface area contributed by atoms with Crippen LogP contribution in [-0.2, 0) is 22.4 Å². The van der Waals surface area contributed by atoms with Crippen molar-refractivity contribution in [1.82, 2.24) is 39.0 Å². The van der Waals surface area contributed by atoms with Crippen LogP contribution < -0.4 is 9.47 Å². The lowest BCUT2D eigenvalue weighted by atomic mass is 10.0. The van der Waals surface area contributed by atoms with Gasteiger partial charge in [-0.2, -0.15) is 10.2 Å². The minimum Gasteiger partial charge on any atom is -0.490 e. The van der Waals surface area contributed by atoms with Crippen molar-refractivity contribution >= 4 is 23.1 Å². The molecule has 0 N–H and O–H groups in total. The molecule has 56 heavy (non-hydrogen) atoms. The van der Waals surface area contributed by atoms with Crippen LogP contribution in [0, 0.1) is 27.7 Å². The third-order valence-electron chi connectivity index (χ3n) is 9.98. The predicted octanol–water partition coefficient (Wildman–Crippen LogP) is 7.18. The second kappa shape index (κ2) is 17.6. The molecule has 0 saturated carbocycles. The Morgan fingerprint density at radius 2 is 0.946 bits per heavy atom. The monoisotopic (exact) mass is 756 g/mol. The molecule has 0 aliphatic heterocycles. The van der Waals surface area contributed by atoms with E-state index in [2.05, 4.69) is 0 Å². The van der Waals surface area contributed by atoms with Crippen LogP contribution in [0.1, 0.15) is 61.6 Å². The summed E-state index contributed by atoms with van der Waals surface area (Å²) in [7, 11) is 0. The number of ether oxygens (including phenoxy) is 2. The van der Waals surface area contributed by atoms with Gasteiger partial charge in [-0.05, 0) is 128 Å². The van der Waals surface area contributed by atoms with Gasteiger partial charge in [0.1, 0.15) is 24.7 Å². The summed E-state index contributed by atoms with van der Waals surface area (Å²) in [5.41, 5.74) is 10.0. The van der Waals surface area contributed by atoms with Gasteiger partial charge in [-0.15, -0.1) is 0 Å². The Kier molecular flexibility index (Phi) is 12.5. The summed E-state index contributed by atoms with van der Waals surface area (Å²) in [6.07, 6.45) is 4.30. The summed E-state index contributed by atoms with van der Waals surface area (Å²) in [6, 6.07) is 19.5. The second-order valence-corrected chi connectivity index (χ2v) is 13.8. The van der Waals surface area contributed by atoms with Gasteiger partial charge < -0.3 is 19.3 Å². The van der Waals surface area contributed by atoms with Crippen LogP contribution in [0.5, 0.6) is 11.5 Å². The number of hydrogen-bond donors (Lipinski definition) is 0. The Balaban J connectivity index is 1.08. The van der Waals surface area contributed by atoms with E-state index in [4.69, 9.17) is 29.6 Å². The largest absolute Gasteiger partial charge is 0.490 e. The minimum atomic E-state index is 0.0557. The Bertz CT molecular complexity index is 2190. The van der Waals surface area contributed by atoms with Crippen molar-refractivity contribution in [3.8, 4) is 34.0 Å². The molecule has 0 radical (unpaired) electrons. The van der Waals surface area contributed by atoms with E-state index in [9.17, 15) is 9.59 Å². The molecule has 12 nitrogen and oxygen atoms in total. The lowest BCUT2D eigenvalue weighted by molar-refractivity contribution is -0.130. The van der Waals surface area contributed by atoms with Gasteiger partial charge in [0.15, 0.2) is 11.3 Å². The molecule has 0 aliphatic carbocycles. The number of hydrogen-bond acceptors (Lipinski definition) is 8. The first-order valence-corrected chi connectivity index (χ1v) is 19.4. The van der Waals surface area contributed by atoms with Crippen LogP contribution in [0.3, 0.4) is 0 Å². The van der Waals surface area contributed by atoms with Gasteiger partial charge >= 0.3 is 0 Å². The van der Waals surface area contributed by atoms with Crippen molar-refractivity contribution in [3.63, 3.8) is 0 Å². The molecular weight excluding hydrogens is 705 g/mol. The zero-order valence-corrected chi connectivity index (χ0v) is 33.8. The van der Waals surface area contributed by atoms with E-state index in [1.54, 1.807) is 0 Å². The fourth-order valence-electron chi connectivity index (χ4n) is 7.04. The molecule has 0 fully saturated rings. The highest BCUT2D eigenvalue weighted by Crippen LogP contribution is 2.31. The Labute approximate surface area is 328 Å². The molecule has 0 spiro atoms. The van der Waals surface area contributed by atoms with E-state index in [1.807, 2.05) is 147 Å². The Morgan fingerprint density at radius 3 is 1.29 bits per heavy atom. The van der Waals surface area contributed by atoms with E-state index < -0.39 is 0 Å². The molecule has 2 aromatic carbocycles. The normalized spacial score (nSPS) is 11.5. The molecule has 2 amide bonds. The van der Waals surface area contributed by atoms with E-state index >= 15 is 0 Å². The van der Waals surface area contributed by atoms with Gasteiger partial charge in [-0.3, -0.25) is 9.59 Å². The summed E-state index contributed by atoms with van der Waals surface area (Å²) in [5, 5.41) is 9.79. The number of aryl methyl sites for hydroxylation is 4. The number of aromatic nitrogens is 6. The molecule has 0 atom stereocenters. The first-order chi connectivity index (χ1) is 27.0. The molecule has 0 aliphatic rings. The van der Waals surface area contributed by atoms with Crippen molar-refractivity contribution in [3.05, 3.63) is 107 Å². The lowest BCUT2D eigenvalue weighted by Crippen LogP contribution is -2.31. The number of amides is 2. The van der Waals surface area contributed by atoms with Crippen LogP contribution in [0.25, 0.3) is 33.8 Å². The molecule has 0 unspecified atom stereocenters. The Hall–Kier alpha value is -6.04. The SMILES string of the molecule is CCN(CC)C(=O)Cc1c(-c2ccc(OC/C=C/COc3ccc(-c4nn5c(C)cc(C)nc5c4CC(=O)N(CC)CC)cc3)cc2)nn2c(C)cc(C)nc12. The van der Waals surface area contributed by atoms with Gasteiger partial charge in [0.05, 0.1) is 24.2 Å². The molecule has 4 heterocycles. The number of carbonyl (C=O) groups is 2. The van der Waals surface area contributed by atoms with Crippen molar-refractivity contribution in [1.29, 1.82) is 0 Å². The van der Waals surface area contributed by atoms with E-state index in [0.717, 1.165) is 67.9 Å². The maximum atomic E-state index is 13.2. The molecule has 6 rings (SSSR count). The van der Waals surface area contributed by atoms with Crippen LogP contribution in [0.15, 0.2) is 72.8 Å². The van der Waals surface area contributed by atoms with Crippen molar-refractivity contribution in [2.45, 2.75) is 68.2 Å². The fourth-order valence-corrected chi connectivity index (χ4v) is 7.04. The van der Waals surface area contributed by atoms with E-state index in [1.165, 1.54) is 0 Å². The highest BCUT2D eigenvalue weighted by Gasteiger charge is 2.23. The minimum absolute atomic E-state index is 0.0557. The number of rotatable bonds is 16. The number of carbonyl (C=O) groups excluding carboxylic acids is 2. The van der Waals surface area contributed by atoms with Crippen molar-refractivity contribution < 1.29 is 19.1 Å². The third-order valence-corrected chi connectivity index (χ3v) is 9.98. The van der Waals surface area contributed by atoms with Gasteiger partial charge in [0, 0.05) is 71.2 Å². The van der Waals surface area contributed by atoms with Crippen LogP contribution in [0.2, 0.25) is 0 Å².